The van der Waals surface area contributed by atoms with Gasteiger partial charge in [0.25, 0.3) is 5.56 Å². The molecule has 116 valence electrons. The van der Waals surface area contributed by atoms with Crippen molar-refractivity contribution in [3.05, 3.63) is 57.2 Å². The Bertz CT molecular complexity index is 766. The van der Waals surface area contributed by atoms with Gasteiger partial charge in [0.2, 0.25) is 5.91 Å². The number of rotatable bonds is 5. The molecule has 0 unspecified atom stereocenters. The van der Waals surface area contributed by atoms with Crippen LogP contribution in [0.15, 0.2) is 46.0 Å². The van der Waals surface area contributed by atoms with Crippen LogP contribution in [0.25, 0.3) is 5.69 Å². The van der Waals surface area contributed by atoms with Crippen molar-refractivity contribution in [1.29, 1.82) is 0 Å². The van der Waals surface area contributed by atoms with Gasteiger partial charge in [0.15, 0.2) is 0 Å². The quantitative estimate of drug-likeness (QED) is 0.877. The second-order valence-electron chi connectivity index (χ2n) is 4.90. The van der Waals surface area contributed by atoms with Crippen LogP contribution in [-0.2, 0) is 4.79 Å². The van der Waals surface area contributed by atoms with Crippen molar-refractivity contribution in [2.45, 2.75) is 19.1 Å². The first-order valence-corrected chi connectivity index (χ1v) is 7.85. The molecule has 6 nitrogen and oxygen atoms in total. The number of thioether (sulfide) groups is 1. The Hall–Kier alpha value is -2.28. The average Bonchev–Trinajstić information content (AvgIpc) is 2.45. The predicted molar refractivity (Wildman–Crippen MR) is 88.9 cm³/mol. The van der Waals surface area contributed by atoms with E-state index in [0.29, 0.717) is 10.9 Å². The largest absolute Gasteiger partial charge is 0.334 e. The number of aromatic nitrogens is 2. The minimum atomic E-state index is -0.592. The molecule has 1 aromatic carbocycles. The molecular weight excluding hydrogens is 302 g/mol. The van der Waals surface area contributed by atoms with Crippen LogP contribution in [0.1, 0.15) is 13.8 Å². The molecule has 2 rings (SSSR count). The van der Waals surface area contributed by atoms with Gasteiger partial charge in [-0.05, 0) is 17.4 Å². The van der Waals surface area contributed by atoms with Crippen molar-refractivity contribution in [3.8, 4) is 5.69 Å². The van der Waals surface area contributed by atoms with Gasteiger partial charge in [0, 0.05) is 6.07 Å². The number of amides is 1. The van der Waals surface area contributed by atoms with Crippen molar-refractivity contribution < 1.29 is 4.79 Å². The fourth-order valence-electron chi connectivity index (χ4n) is 1.84. The molecule has 0 aliphatic heterocycles. The van der Waals surface area contributed by atoms with E-state index >= 15 is 0 Å². The van der Waals surface area contributed by atoms with Crippen molar-refractivity contribution >= 4 is 23.5 Å². The van der Waals surface area contributed by atoms with Gasteiger partial charge < -0.3 is 5.32 Å². The first-order chi connectivity index (χ1) is 10.5. The Morgan fingerprint density at radius 2 is 1.95 bits per heavy atom. The number of benzene rings is 1. The van der Waals surface area contributed by atoms with Gasteiger partial charge in [-0.1, -0.05) is 32.0 Å². The highest BCUT2D eigenvalue weighted by atomic mass is 32.2. The van der Waals surface area contributed by atoms with Crippen LogP contribution in [-0.4, -0.2) is 26.5 Å². The second kappa shape index (κ2) is 7.13. The standard InChI is InChI=1S/C15H17N3O3S/c1-10(2)22-9-14(20)16-12-8-13(19)17-15(21)18(12)11-6-4-3-5-7-11/h3-8,10H,9H2,1-2H3,(H,16,20)(H,17,19,21). The van der Waals surface area contributed by atoms with Gasteiger partial charge in [-0.2, -0.15) is 0 Å². The molecule has 7 heteroatoms. The summed E-state index contributed by atoms with van der Waals surface area (Å²) in [6.45, 7) is 3.98. The minimum Gasteiger partial charge on any atom is -0.311 e. The SMILES string of the molecule is CC(C)SCC(=O)Nc1cc(=O)[nH]c(=O)n1-c1ccccc1. The number of hydrogen-bond donors (Lipinski definition) is 2. The van der Waals surface area contributed by atoms with E-state index in [9.17, 15) is 14.4 Å². The van der Waals surface area contributed by atoms with Crippen LogP contribution in [0.5, 0.6) is 0 Å². The zero-order chi connectivity index (χ0) is 16.1. The lowest BCUT2D eigenvalue weighted by Gasteiger charge is -2.13. The molecule has 0 saturated carbocycles. The summed E-state index contributed by atoms with van der Waals surface area (Å²) in [4.78, 5) is 37.7. The number of hydrogen-bond acceptors (Lipinski definition) is 4. The molecule has 1 heterocycles. The highest BCUT2D eigenvalue weighted by molar-refractivity contribution is 8.00. The summed E-state index contributed by atoms with van der Waals surface area (Å²) in [6.07, 6.45) is 0. The highest BCUT2D eigenvalue weighted by Crippen LogP contribution is 2.13. The Morgan fingerprint density at radius 1 is 1.27 bits per heavy atom. The normalized spacial score (nSPS) is 10.7. The first kappa shape index (κ1) is 16.1. The Labute approximate surface area is 131 Å². The van der Waals surface area contributed by atoms with E-state index in [1.54, 1.807) is 24.3 Å². The Balaban J connectivity index is 2.37. The summed E-state index contributed by atoms with van der Waals surface area (Å²) in [7, 11) is 0. The summed E-state index contributed by atoms with van der Waals surface area (Å²) in [6, 6.07) is 10.0. The van der Waals surface area contributed by atoms with Crippen molar-refractivity contribution in [3.63, 3.8) is 0 Å². The topological polar surface area (TPSA) is 84.0 Å². The predicted octanol–water partition coefficient (Wildman–Crippen LogP) is 1.61. The Kier molecular flexibility index (Phi) is 5.21. The van der Waals surface area contributed by atoms with Crippen LogP contribution >= 0.6 is 11.8 Å². The first-order valence-electron chi connectivity index (χ1n) is 6.80. The molecule has 0 bridgehead atoms. The average molecular weight is 319 g/mol. The van der Waals surface area contributed by atoms with Crippen LogP contribution in [0.2, 0.25) is 0 Å². The third-order valence-electron chi connectivity index (χ3n) is 2.77. The van der Waals surface area contributed by atoms with Crippen molar-refractivity contribution in [1.82, 2.24) is 9.55 Å². The lowest BCUT2D eigenvalue weighted by Crippen LogP contribution is -2.32. The number of para-hydroxylation sites is 1. The molecule has 0 saturated heterocycles. The van der Waals surface area contributed by atoms with Gasteiger partial charge in [0.05, 0.1) is 11.4 Å². The summed E-state index contributed by atoms with van der Waals surface area (Å²) in [5, 5.41) is 2.95. The highest BCUT2D eigenvalue weighted by Gasteiger charge is 2.11. The number of H-pyrrole nitrogens is 1. The van der Waals surface area contributed by atoms with Gasteiger partial charge in [0.1, 0.15) is 5.82 Å². The molecule has 22 heavy (non-hydrogen) atoms. The summed E-state index contributed by atoms with van der Waals surface area (Å²) >= 11 is 1.48. The van der Waals surface area contributed by atoms with E-state index in [-0.39, 0.29) is 17.5 Å². The van der Waals surface area contributed by atoms with E-state index in [1.165, 1.54) is 22.4 Å². The maximum atomic E-state index is 12.1. The van der Waals surface area contributed by atoms with E-state index in [2.05, 4.69) is 10.3 Å². The molecule has 1 amide bonds. The van der Waals surface area contributed by atoms with Crippen LogP contribution in [0, 0.1) is 0 Å². The fraction of sp³-hybridized carbons (Fsp3) is 0.267. The zero-order valence-corrected chi connectivity index (χ0v) is 13.1. The molecule has 2 N–H and O–H groups in total. The van der Waals surface area contributed by atoms with Gasteiger partial charge in [-0.25, -0.2) is 9.36 Å². The van der Waals surface area contributed by atoms with E-state index in [0.717, 1.165) is 0 Å². The maximum absolute atomic E-state index is 12.1. The third-order valence-corrected chi connectivity index (χ3v) is 3.87. The van der Waals surface area contributed by atoms with E-state index in [1.807, 2.05) is 19.9 Å². The number of nitrogens with zero attached hydrogens (tertiary/aromatic N) is 1. The fourth-order valence-corrected chi connectivity index (χ4v) is 2.40. The van der Waals surface area contributed by atoms with Gasteiger partial charge in [-0.3, -0.25) is 14.6 Å². The van der Waals surface area contributed by atoms with Crippen molar-refractivity contribution in [2.75, 3.05) is 11.1 Å². The van der Waals surface area contributed by atoms with Crippen LogP contribution in [0.4, 0.5) is 5.82 Å². The number of anilines is 1. The Morgan fingerprint density at radius 3 is 2.59 bits per heavy atom. The summed E-state index contributed by atoms with van der Waals surface area (Å²) in [5.74, 6) is 0.163. The molecule has 0 spiro atoms. The summed E-state index contributed by atoms with van der Waals surface area (Å²) < 4.78 is 1.26. The zero-order valence-electron chi connectivity index (χ0n) is 12.3. The monoisotopic (exact) mass is 319 g/mol. The number of aromatic amines is 1. The molecular formula is C15H17N3O3S. The molecule has 0 fully saturated rings. The molecule has 0 radical (unpaired) electrons. The lowest BCUT2D eigenvalue weighted by molar-refractivity contribution is -0.113. The maximum Gasteiger partial charge on any atom is 0.334 e. The molecule has 2 aromatic rings. The second-order valence-corrected chi connectivity index (χ2v) is 6.47. The third kappa shape index (κ3) is 4.11. The van der Waals surface area contributed by atoms with Crippen LogP contribution in [0.3, 0.4) is 0 Å². The van der Waals surface area contributed by atoms with Gasteiger partial charge >= 0.3 is 5.69 Å². The van der Waals surface area contributed by atoms with Crippen LogP contribution < -0.4 is 16.6 Å². The number of carbonyl (C=O) groups is 1. The summed E-state index contributed by atoms with van der Waals surface area (Å²) in [5.41, 5.74) is -0.579. The van der Waals surface area contributed by atoms with E-state index < -0.39 is 11.2 Å². The number of carbonyl (C=O) groups excluding carboxylic acids is 1. The van der Waals surface area contributed by atoms with Crippen molar-refractivity contribution in [2.24, 2.45) is 0 Å². The molecule has 1 aromatic heterocycles. The van der Waals surface area contributed by atoms with E-state index in [4.69, 9.17) is 0 Å². The smallest absolute Gasteiger partial charge is 0.311 e. The molecule has 0 atom stereocenters. The van der Waals surface area contributed by atoms with Gasteiger partial charge in [-0.15, -0.1) is 11.8 Å². The molecule has 0 aliphatic rings. The minimum absolute atomic E-state index is 0.161. The lowest BCUT2D eigenvalue weighted by atomic mass is 10.3. The molecule has 0 aliphatic carbocycles. The number of nitrogens with one attached hydrogen (secondary N) is 2.